The van der Waals surface area contributed by atoms with Gasteiger partial charge in [0.25, 0.3) is 5.89 Å². The molecule has 1 aliphatic rings. The van der Waals surface area contributed by atoms with E-state index in [2.05, 4.69) is 10.1 Å². The summed E-state index contributed by atoms with van der Waals surface area (Å²) in [4.78, 5) is 4.13. The van der Waals surface area contributed by atoms with Gasteiger partial charge in [-0.2, -0.15) is 4.98 Å². The molecule has 0 aliphatic carbocycles. The number of hydrogen-bond donors (Lipinski definition) is 4. The first kappa shape index (κ1) is 16.3. The van der Waals surface area contributed by atoms with E-state index in [9.17, 15) is 20.4 Å². The zero-order valence-electron chi connectivity index (χ0n) is 11.8. The highest BCUT2D eigenvalue weighted by molar-refractivity contribution is 6.30. The Morgan fingerprint density at radius 3 is 2.61 bits per heavy atom. The predicted molar refractivity (Wildman–Crippen MR) is 77.5 cm³/mol. The Balaban J connectivity index is 1.87. The zero-order chi connectivity index (χ0) is 16.6. The van der Waals surface area contributed by atoms with Crippen LogP contribution < -0.4 is 0 Å². The number of aliphatic hydroxyl groups excluding tert-OH is 4. The highest BCUT2D eigenvalue weighted by atomic mass is 35.5. The first-order chi connectivity index (χ1) is 11.0. The van der Waals surface area contributed by atoms with Crippen LogP contribution in [0.4, 0.5) is 0 Å². The molecule has 1 aliphatic heterocycles. The van der Waals surface area contributed by atoms with Crippen LogP contribution in [0.3, 0.4) is 0 Å². The molecule has 3 rings (SSSR count). The van der Waals surface area contributed by atoms with E-state index < -0.39 is 37.1 Å². The van der Waals surface area contributed by atoms with Gasteiger partial charge in [0.1, 0.15) is 30.5 Å². The van der Waals surface area contributed by atoms with Gasteiger partial charge < -0.3 is 29.7 Å². The lowest BCUT2D eigenvalue weighted by Crippen LogP contribution is -2.55. The monoisotopic (exact) mass is 342 g/mol. The van der Waals surface area contributed by atoms with Gasteiger partial charge in [0.15, 0.2) is 0 Å². The quantitative estimate of drug-likeness (QED) is 0.609. The molecule has 9 heteroatoms. The van der Waals surface area contributed by atoms with E-state index >= 15 is 0 Å². The van der Waals surface area contributed by atoms with Crippen LogP contribution in [-0.2, 0) is 4.74 Å². The lowest BCUT2D eigenvalue weighted by molar-refractivity contribution is -0.233. The molecule has 23 heavy (non-hydrogen) atoms. The van der Waals surface area contributed by atoms with Gasteiger partial charge in [-0.15, -0.1) is 0 Å². The average Bonchev–Trinajstić information content (AvgIpc) is 3.03. The van der Waals surface area contributed by atoms with Crippen molar-refractivity contribution in [2.24, 2.45) is 0 Å². The minimum Gasteiger partial charge on any atom is -0.394 e. The standard InChI is InChI=1S/C14H15ClN2O6/c15-7-3-1-2-6(4-7)14-16-13(17-23-14)12-11(21)10(20)9(19)8(5-18)22-12/h1-4,8-12,18-21H,5H2/t8-,9-,10+,11-,12-/m1/s1. The smallest absolute Gasteiger partial charge is 0.258 e. The Bertz CT molecular complexity index is 679. The van der Waals surface area contributed by atoms with E-state index in [0.29, 0.717) is 10.6 Å². The molecule has 1 aromatic carbocycles. The Hall–Kier alpha value is -1.55. The van der Waals surface area contributed by atoms with Gasteiger partial charge in [-0.3, -0.25) is 0 Å². The van der Waals surface area contributed by atoms with Crippen LogP contribution in [0, 0.1) is 0 Å². The van der Waals surface area contributed by atoms with Crippen molar-refractivity contribution in [2.75, 3.05) is 6.61 Å². The third-order valence-corrected chi connectivity index (χ3v) is 3.90. The number of halogens is 1. The molecule has 0 bridgehead atoms. The van der Waals surface area contributed by atoms with Crippen molar-refractivity contribution in [2.45, 2.75) is 30.5 Å². The number of rotatable bonds is 3. The first-order valence-corrected chi connectivity index (χ1v) is 7.29. The van der Waals surface area contributed by atoms with E-state index in [0.717, 1.165) is 0 Å². The maximum atomic E-state index is 10.0. The van der Waals surface area contributed by atoms with Gasteiger partial charge in [0.2, 0.25) is 5.82 Å². The lowest BCUT2D eigenvalue weighted by Gasteiger charge is -2.38. The fraction of sp³-hybridized carbons (Fsp3) is 0.429. The molecule has 0 amide bonds. The van der Waals surface area contributed by atoms with Crippen LogP contribution in [-0.4, -0.2) is 61.6 Å². The summed E-state index contributed by atoms with van der Waals surface area (Å²) in [5, 5.41) is 43.0. The number of hydrogen-bond acceptors (Lipinski definition) is 8. The van der Waals surface area contributed by atoms with E-state index in [1.165, 1.54) is 0 Å². The highest BCUT2D eigenvalue weighted by Crippen LogP contribution is 2.32. The predicted octanol–water partition coefficient (Wildman–Crippen LogP) is -0.0951. The largest absolute Gasteiger partial charge is 0.394 e. The normalized spacial score (nSPS) is 31.3. The summed E-state index contributed by atoms with van der Waals surface area (Å²) in [6.45, 7) is -0.527. The molecule has 2 aromatic rings. The second-order valence-electron chi connectivity index (χ2n) is 5.22. The Morgan fingerprint density at radius 1 is 1.13 bits per heavy atom. The van der Waals surface area contributed by atoms with Gasteiger partial charge in [-0.1, -0.05) is 22.8 Å². The van der Waals surface area contributed by atoms with E-state index in [1.807, 2.05) is 0 Å². The molecule has 4 N–H and O–H groups in total. The van der Waals surface area contributed by atoms with Crippen LogP contribution in [0.15, 0.2) is 28.8 Å². The second-order valence-corrected chi connectivity index (χ2v) is 5.65. The summed E-state index contributed by atoms with van der Waals surface area (Å²) in [6, 6.07) is 6.76. The summed E-state index contributed by atoms with van der Waals surface area (Å²) in [6.07, 6.45) is -6.57. The molecule has 0 saturated carbocycles. The molecule has 0 spiro atoms. The summed E-state index contributed by atoms with van der Waals surface area (Å²) < 4.78 is 10.5. The SMILES string of the molecule is OC[C@H]1O[C@@H](c2noc(-c3cccc(Cl)c3)n2)[C@H](O)[C@@H](O)[C@@H]1O. The first-order valence-electron chi connectivity index (χ1n) is 6.91. The van der Waals surface area contributed by atoms with Crippen molar-refractivity contribution >= 4 is 11.6 Å². The summed E-state index contributed by atoms with van der Waals surface area (Å²) in [7, 11) is 0. The third kappa shape index (κ3) is 3.09. The van der Waals surface area contributed by atoms with Gasteiger partial charge in [0.05, 0.1) is 6.61 Å². The Morgan fingerprint density at radius 2 is 1.91 bits per heavy atom. The van der Waals surface area contributed by atoms with Crippen LogP contribution in [0.1, 0.15) is 11.9 Å². The molecular weight excluding hydrogens is 328 g/mol. The van der Waals surface area contributed by atoms with Gasteiger partial charge in [0, 0.05) is 10.6 Å². The molecule has 8 nitrogen and oxygen atoms in total. The Kier molecular flexibility index (Phi) is 4.62. The maximum Gasteiger partial charge on any atom is 0.258 e. The maximum absolute atomic E-state index is 10.0. The van der Waals surface area contributed by atoms with Crippen LogP contribution in [0.25, 0.3) is 11.5 Å². The fourth-order valence-corrected chi connectivity index (χ4v) is 2.59. The zero-order valence-corrected chi connectivity index (χ0v) is 12.5. The lowest BCUT2D eigenvalue weighted by atomic mass is 9.95. The minimum absolute atomic E-state index is 0.00289. The molecule has 2 heterocycles. The third-order valence-electron chi connectivity index (χ3n) is 3.66. The molecule has 5 atom stereocenters. The molecule has 0 radical (unpaired) electrons. The van der Waals surface area contributed by atoms with E-state index in [1.54, 1.807) is 24.3 Å². The van der Waals surface area contributed by atoms with Gasteiger partial charge in [-0.25, -0.2) is 0 Å². The van der Waals surface area contributed by atoms with Crippen molar-refractivity contribution < 1.29 is 29.7 Å². The summed E-state index contributed by atoms with van der Waals surface area (Å²) in [5.41, 5.74) is 0.584. The second kappa shape index (κ2) is 6.52. The van der Waals surface area contributed by atoms with E-state index in [4.69, 9.17) is 20.9 Å². The van der Waals surface area contributed by atoms with Gasteiger partial charge >= 0.3 is 0 Å². The van der Waals surface area contributed by atoms with Crippen molar-refractivity contribution in [1.82, 2.24) is 10.1 Å². The van der Waals surface area contributed by atoms with Crippen LogP contribution >= 0.6 is 11.6 Å². The molecule has 1 fully saturated rings. The number of aliphatic hydroxyl groups is 4. The average molecular weight is 343 g/mol. The van der Waals surface area contributed by atoms with Crippen LogP contribution in [0.5, 0.6) is 0 Å². The molecule has 0 unspecified atom stereocenters. The summed E-state index contributed by atoms with van der Waals surface area (Å²) in [5.74, 6) is 0.163. The topological polar surface area (TPSA) is 129 Å². The minimum atomic E-state index is -1.50. The number of nitrogens with zero attached hydrogens (tertiary/aromatic N) is 2. The fourth-order valence-electron chi connectivity index (χ4n) is 2.40. The van der Waals surface area contributed by atoms with Crippen molar-refractivity contribution in [3.63, 3.8) is 0 Å². The van der Waals surface area contributed by atoms with E-state index in [-0.39, 0.29) is 11.7 Å². The number of benzene rings is 1. The highest BCUT2D eigenvalue weighted by Gasteiger charge is 2.45. The van der Waals surface area contributed by atoms with Gasteiger partial charge in [-0.05, 0) is 18.2 Å². The van der Waals surface area contributed by atoms with Crippen molar-refractivity contribution in [1.29, 1.82) is 0 Å². The molecule has 1 aromatic heterocycles. The molecule has 124 valence electrons. The molecular formula is C14H15ClN2O6. The van der Waals surface area contributed by atoms with Crippen LogP contribution in [0.2, 0.25) is 5.02 Å². The van der Waals surface area contributed by atoms with Crippen molar-refractivity contribution in [3.8, 4) is 11.5 Å². The number of ether oxygens (including phenoxy) is 1. The Labute approximate surface area is 135 Å². The molecule has 1 saturated heterocycles. The number of aromatic nitrogens is 2. The summed E-state index contributed by atoms with van der Waals surface area (Å²) >= 11 is 5.90. The van der Waals surface area contributed by atoms with Crippen molar-refractivity contribution in [3.05, 3.63) is 35.1 Å².